The van der Waals surface area contributed by atoms with Crippen LogP contribution in [0.1, 0.15) is 11.1 Å². The van der Waals surface area contributed by atoms with Gasteiger partial charge in [-0.25, -0.2) is 5.43 Å². The van der Waals surface area contributed by atoms with Crippen molar-refractivity contribution < 1.29 is 4.79 Å². The molecule has 0 fully saturated rings. The summed E-state index contributed by atoms with van der Waals surface area (Å²) in [6.45, 7) is 0. The van der Waals surface area contributed by atoms with E-state index < -0.39 is 0 Å². The van der Waals surface area contributed by atoms with E-state index in [-0.39, 0.29) is 5.91 Å². The van der Waals surface area contributed by atoms with Crippen LogP contribution in [0.3, 0.4) is 0 Å². The van der Waals surface area contributed by atoms with Crippen molar-refractivity contribution in [3.05, 3.63) is 77.9 Å². The maximum absolute atomic E-state index is 11.6. The largest absolute Gasteiger partial charge is 0.273 e. The Bertz CT molecular complexity index is 589. The molecule has 0 radical (unpaired) electrons. The quantitative estimate of drug-likeness (QED) is 0.654. The van der Waals surface area contributed by atoms with Gasteiger partial charge in [-0.05, 0) is 17.2 Å². The first-order chi connectivity index (χ1) is 9.84. The molecular formula is C17H16N2O. The number of carbonyl (C=O) groups excluding carboxylic acids is 1. The number of carbonyl (C=O) groups is 1. The normalized spacial score (nSPS) is 11.0. The first-order valence-corrected chi connectivity index (χ1v) is 6.42. The van der Waals surface area contributed by atoms with Crippen LogP contribution < -0.4 is 5.43 Å². The standard InChI is InChI=1S/C17H16N2O/c20-17(14-16-10-5-2-6-11-16)19-18-13-7-12-15-8-3-1-4-9-15/h1-13H,14H2,(H,19,20)/b12-7+,18-13?. The molecule has 0 heterocycles. The smallest absolute Gasteiger partial charge is 0.244 e. The molecule has 1 amide bonds. The van der Waals surface area contributed by atoms with Gasteiger partial charge in [0.1, 0.15) is 0 Å². The topological polar surface area (TPSA) is 41.5 Å². The Hall–Kier alpha value is -2.68. The molecule has 0 bridgehead atoms. The van der Waals surface area contributed by atoms with E-state index in [9.17, 15) is 4.79 Å². The second kappa shape index (κ2) is 7.69. The van der Waals surface area contributed by atoms with E-state index in [1.54, 1.807) is 12.3 Å². The lowest BCUT2D eigenvalue weighted by Gasteiger charge is -1.98. The third kappa shape index (κ3) is 4.90. The van der Waals surface area contributed by atoms with Crippen LogP contribution in [0.2, 0.25) is 0 Å². The first kappa shape index (κ1) is 13.7. The van der Waals surface area contributed by atoms with E-state index in [1.165, 1.54) is 0 Å². The van der Waals surface area contributed by atoms with Crippen molar-refractivity contribution in [3.63, 3.8) is 0 Å². The average Bonchev–Trinajstić information content (AvgIpc) is 2.49. The van der Waals surface area contributed by atoms with E-state index in [0.717, 1.165) is 11.1 Å². The highest BCUT2D eigenvalue weighted by Crippen LogP contribution is 2.00. The minimum atomic E-state index is -0.124. The Morgan fingerprint density at radius 1 is 1.00 bits per heavy atom. The van der Waals surface area contributed by atoms with Crippen molar-refractivity contribution in [2.45, 2.75) is 6.42 Å². The third-order valence-electron chi connectivity index (χ3n) is 2.65. The van der Waals surface area contributed by atoms with Gasteiger partial charge in [0.2, 0.25) is 5.91 Å². The average molecular weight is 264 g/mol. The van der Waals surface area contributed by atoms with E-state index in [4.69, 9.17) is 0 Å². The summed E-state index contributed by atoms with van der Waals surface area (Å²) < 4.78 is 0. The molecule has 0 spiro atoms. The van der Waals surface area contributed by atoms with Gasteiger partial charge in [-0.3, -0.25) is 4.79 Å². The lowest BCUT2D eigenvalue weighted by atomic mass is 10.1. The summed E-state index contributed by atoms with van der Waals surface area (Å²) in [5.41, 5.74) is 4.56. The van der Waals surface area contributed by atoms with Crippen LogP contribution in [0.15, 0.2) is 71.8 Å². The number of benzene rings is 2. The summed E-state index contributed by atoms with van der Waals surface area (Å²) in [7, 11) is 0. The predicted octanol–water partition coefficient (Wildman–Crippen LogP) is 3.04. The second-order valence-corrected chi connectivity index (χ2v) is 4.25. The van der Waals surface area contributed by atoms with Gasteiger partial charge in [-0.1, -0.05) is 66.7 Å². The fraction of sp³-hybridized carbons (Fsp3) is 0.0588. The number of nitrogens with zero attached hydrogens (tertiary/aromatic N) is 1. The van der Waals surface area contributed by atoms with Crippen molar-refractivity contribution in [2.24, 2.45) is 5.10 Å². The number of nitrogens with one attached hydrogen (secondary N) is 1. The second-order valence-electron chi connectivity index (χ2n) is 4.25. The maximum Gasteiger partial charge on any atom is 0.244 e. The van der Waals surface area contributed by atoms with Gasteiger partial charge in [-0.2, -0.15) is 5.10 Å². The number of hydrazone groups is 1. The Labute approximate surface area is 118 Å². The van der Waals surface area contributed by atoms with Gasteiger partial charge in [-0.15, -0.1) is 0 Å². The van der Waals surface area contributed by atoms with Crippen LogP contribution in [0.25, 0.3) is 6.08 Å². The summed E-state index contributed by atoms with van der Waals surface area (Å²) >= 11 is 0. The van der Waals surface area contributed by atoms with Gasteiger partial charge in [0, 0.05) is 6.21 Å². The van der Waals surface area contributed by atoms with Crippen LogP contribution in [0.5, 0.6) is 0 Å². The molecule has 0 aliphatic rings. The first-order valence-electron chi connectivity index (χ1n) is 6.42. The predicted molar refractivity (Wildman–Crippen MR) is 82.3 cm³/mol. The highest BCUT2D eigenvalue weighted by atomic mass is 16.2. The van der Waals surface area contributed by atoms with Crippen molar-refractivity contribution in [1.82, 2.24) is 5.43 Å². The van der Waals surface area contributed by atoms with Gasteiger partial charge in [0.15, 0.2) is 0 Å². The highest BCUT2D eigenvalue weighted by Gasteiger charge is 1.99. The Morgan fingerprint density at radius 3 is 2.35 bits per heavy atom. The summed E-state index contributed by atoms with van der Waals surface area (Å²) in [4.78, 5) is 11.6. The number of allylic oxidation sites excluding steroid dienone is 1. The highest BCUT2D eigenvalue weighted by molar-refractivity contribution is 5.82. The lowest BCUT2D eigenvalue weighted by Crippen LogP contribution is -2.19. The van der Waals surface area contributed by atoms with Crippen LogP contribution in [-0.2, 0) is 11.2 Å². The van der Waals surface area contributed by atoms with Crippen molar-refractivity contribution in [1.29, 1.82) is 0 Å². The summed E-state index contributed by atoms with van der Waals surface area (Å²) in [5, 5.41) is 3.87. The monoisotopic (exact) mass is 264 g/mol. The number of amides is 1. The van der Waals surface area contributed by atoms with Gasteiger partial charge in [0.25, 0.3) is 0 Å². The van der Waals surface area contributed by atoms with E-state index in [1.807, 2.05) is 66.7 Å². The Morgan fingerprint density at radius 2 is 1.65 bits per heavy atom. The molecule has 100 valence electrons. The van der Waals surface area contributed by atoms with E-state index in [0.29, 0.717) is 6.42 Å². The number of hydrogen-bond acceptors (Lipinski definition) is 2. The molecule has 3 nitrogen and oxygen atoms in total. The van der Waals surface area contributed by atoms with Crippen LogP contribution in [0.4, 0.5) is 0 Å². The fourth-order valence-electron chi connectivity index (χ4n) is 1.69. The third-order valence-corrected chi connectivity index (χ3v) is 2.65. The molecule has 1 N–H and O–H groups in total. The van der Waals surface area contributed by atoms with Gasteiger partial charge >= 0.3 is 0 Å². The minimum Gasteiger partial charge on any atom is -0.273 e. The lowest BCUT2D eigenvalue weighted by molar-refractivity contribution is -0.120. The van der Waals surface area contributed by atoms with E-state index in [2.05, 4.69) is 10.5 Å². The van der Waals surface area contributed by atoms with Crippen molar-refractivity contribution in [3.8, 4) is 0 Å². The molecule has 20 heavy (non-hydrogen) atoms. The van der Waals surface area contributed by atoms with Crippen LogP contribution in [-0.4, -0.2) is 12.1 Å². The molecule has 0 saturated heterocycles. The van der Waals surface area contributed by atoms with Crippen molar-refractivity contribution >= 4 is 18.2 Å². The zero-order valence-electron chi connectivity index (χ0n) is 11.1. The Kier molecular flexibility index (Phi) is 5.28. The van der Waals surface area contributed by atoms with Gasteiger partial charge < -0.3 is 0 Å². The molecule has 2 rings (SSSR count). The Balaban J connectivity index is 1.76. The molecule has 2 aromatic carbocycles. The molecule has 0 atom stereocenters. The number of rotatable bonds is 5. The summed E-state index contributed by atoms with van der Waals surface area (Å²) in [5.74, 6) is -0.124. The molecule has 3 heteroatoms. The minimum absolute atomic E-state index is 0.124. The zero-order valence-corrected chi connectivity index (χ0v) is 11.1. The SMILES string of the molecule is O=C(Cc1ccccc1)NN=C/C=C/c1ccccc1. The van der Waals surface area contributed by atoms with Crippen LogP contribution in [0, 0.1) is 0 Å². The molecule has 2 aromatic rings. The molecule has 0 unspecified atom stereocenters. The maximum atomic E-state index is 11.6. The van der Waals surface area contributed by atoms with Gasteiger partial charge in [0.05, 0.1) is 6.42 Å². The van der Waals surface area contributed by atoms with Crippen LogP contribution >= 0.6 is 0 Å². The molecule has 0 aliphatic carbocycles. The fourth-order valence-corrected chi connectivity index (χ4v) is 1.69. The molecular weight excluding hydrogens is 248 g/mol. The molecule has 0 aliphatic heterocycles. The summed E-state index contributed by atoms with van der Waals surface area (Å²) in [6.07, 6.45) is 5.61. The zero-order chi connectivity index (χ0) is 14.0. The van der Waals surface area contributed by atoms with E-state index >= 15 is 0 Å². The molecule has 0 saturated carbocycles. The molecule has 0 aromatic heterocycles. The summed E-state index contributed by atoms with van der Waals surface area (Å²) in [6, 6.07) is 19.5. The van der Waals surface area contributed by atoms with Crippen molar-refractivity contribution in [2.75, 3.05) is 0 Å². The number of hydrogen-bond donors (Lipinski definition) is 1.